The van der Waals surface area contributed by atoms with Gasteiger partial charge in [0.15, 0.2) is 11.6 Å². The summed E-state index contributed by atoms with van der Waals surface area (Å²) in [4.78, 5) is 0. The van der Waals surface area contributed by atoms with Crippen LogP contribution >= 0.6 is 0 Å². The van der Waals surface area contributed by atoms with Gasteiger partial charge in [-0.15, -0.1) is 0 Å². The van der Waals surface area contributed by atoms with Crippen molar-refractivity contribution < 1.29 is 18.6 Å². The van der Waals surface area contributed by atoms with Gasteiger partial charge in [-0.05, 0) is 19.1 Å². The number of hydrogen-bond acceptors (Lipinski definition) is 2. The van der Waals surface area contributed by atoms with E-state index in [9.17, 15) is 13.9 Å². The van der Waals surface area contributed by atoms with Gasteiger partial charge in [-0.1, -0.05) is 29.8 Å². The Morgan fingerprint density at radius 2 is 1.89 bits per heavy atom. The van der Waals surface area contributed by atoms with E-state index in [0.717, 1.165) is 11.6 Å². The normalized spacial score (nSPS) is 10.5. The molecule has 0 fully saturated rings. The highest BCUT2D eigenvalue weighted by Gasteiger charge is 2.09. The summed E-state index contributed by atoms with van der Waals surface area (Å²) in [6.45, 7) is 1.65. The smallest absolute Gasteiger partial charge is 0.165 e. The Hall–Kier alpha value is -1.94. The molecule has 0 atom stereocenters. The van der Waals surface area contributed by atoms with Crippen molar-refractivity contribution in [2.24, 2.45) is 0 Å². The van der Waals surface area contributed by atoms with E-state index in [2.05, 4.69) is 0 Å². The highest BCUT2D eigenvalue weighted by molar-refractivity contribution is 5.36. The SMILES string of the molecule is Cc1ccc(OCc2cccc(F)c2F)c(CO)c1. The maximum atomic E-state index is 13.4. The number of hydrogen-bond donors (Lipinski definition) is 1. The van der Waals surface area contributed by atoms with Gasteiger partial charge in [0.2, 0.25) is 0 Å². The highest BCUT2D eigenvalue weighted by atomic mass is 19.2. The summed E-state index contributed by atoms with van der Waals surface area (Å²) in [5.41, 5.74) is 1.76. The van der Waals surface area contributed by atoms with Crippen LogP contribution in [0.4, 0.5) is 8.78 Å². The predicted molar refractivity (Wildman–Crippen MR) is 67.8 cm³/mol. The summed E-state index contributed by atoms with van der Waals surface area (Å²) in [5.74, 6) is -1.33. The molecule has 0 heterocycles. The Bertz CT molecular complexity index is 582. The Morgan fingerprint density at radius 3 is 2.63 bits per heavy atom. The summed E-state index contributed by atoms with van der Waals surface area (Å²) in [6, 6.07) is 9.28. The van der Waals surface area contributed by atoms with Crippen molar-refractivity contribution in [1.82, 2.24) is 0 Å². The fourth-order valence-electron chi connectivity index (χ4n) is 1.79. The van der Waals surface area contributed by atoms with Crippen LogP contribution < -0.4 is 4.74 Å². The van der Waals surface area contributed by atoms with Crippen molar-refractivity contribution in [1.29, 1.82) is 0 Å². The fourth-order valence-corrected chi connectivity index (χ4v) is 1.79. The second-order valence-electron chi connectivity index (χ2n) is 4.27. The molecule has 1 N–H and O–H groups in total. The molecule has 0 bridgehead atoms. The molecule has 2 aromatic carbocycles. The van der Waals surface area contributed by atoms with Crippen molar-refractivity contribution in [3.8, 4) is 5.75 Å². The Balaban J connectivity index is 2.17. The predicted octanol–water partition coefficient (Wildman–Crippen LogP) is 3.34. The van der Waals surface area contributed by atoms with Crippen LogP contribution in [0.3, 0.4) is 0 Å². The van der Waals surface area contributed by atoms with Gasteiger partial charge in [0, 0.05) is 11.1 Å². The first-order valence-corrected chi connectivity index (χ1v) is 5.88. The van der Waals surface area contributed by atoms with Gasteiger partial charge >= 0.3 is 0 Å². The number of benzene rings is 2. The van der Waals surface area contributed by atoms with Crippen LogP contribution in [-0.4, -0.2) is 5.11 Å². The number of aliphatic hydroxyl groups is 1. The first-order chi connectivity index (χ1) is 9.11. The zero-order chi connectivity index (χ0) is 13.8. The standard InChI is InChI=1S/C15H14F2O2/c1-10-5-6-14(12(7-10)8-18)19-9-11-3-2-4-13(16)15(11)17/h2-7,18H,8-9H2,1H3. The molecule has 0 saturated heterocycles. The molecule has 2 nitrogen and oxygen atoms in total. The summed E-state index contributed by atoms with van der Waals surface area (Å²) in [6.07, 6.45) is 0. The molecule has 0 aliphatic rings. The van der Waals surface area contributed by atoms with Gasteiger partial charge in [0.25, 0.3) is 0 Å². The molecule has 0 radical (unpaired) electrons. The van der Waals surface area contributed by atoms with Gasteiger partial charge in [-0.25, -0.2) is 8.78 Å². The molecule has 0 unspecified atom stereocenters. The lowest BCUT2D eigenvalue weighted by Gasteiger charge is -2.11. The van der Waals surface area contributed by atoms with Crippen molar-refractivity contribution in [2.75, 3.05) is 0 Å². The Labute approximate surface area is 110 Å². The van der Waals surface area contributed by atoms with Gasteiger partial charge in [-0.2, -0.15) is 0 Å². The molecule has 2 aromatic rings. The monoisotopic (exact) mass is 264 g/mol. The van der Waals surface area contributed by atoms with E-state index in [0.29, 0.717) is 11.3 Å². The molecule has 0 amide bonds. The molecule has 2 rings (SSSR count). The van der Waals surface area contributed by atoms with E-state index in [4.69, 9.17) is 4.74 Å². The lowest BCUT2D eigenvalue weighted by molar-refractivity contribution is 0.256. The van der Waals surface area contributed by atoms with Crippen molar-refractivity contribution in [3.05, 3.63) is 64.7 Å². The molecule has 0 aliphatic heterocycles. The minimum atomic E-state index is -0.903. The summed E-state index contributed by atoms with van der Waals surface area (Å²) in [7, 11) is 0. The summed E-state index contributed by atoms with van der Waals surface area (Å²) < 4.78 is 31.9. The topological polar surface area (TPSA) is 29.5 Å². The third kappa shape index (κ3) is 3.09. The van der Waals surface area contributed by atoms with Crippen LogP contribution in [0.5, 0.6) is 5.75 Å². The third-order valence-electron chi connectivity index (χ3n) is 2.80. The number of rotatable bonds is 4. The molecule has 100 valence electrons. The minimum Gasteiger partial charge on any atom is -0.488 e. The molecule has 0 aromatic heterocycles. The molecule has 19 heavy (non-hydrogen) atoms. The molecule has 0 aliphatic carbocycles. The van der Waals surface area contributed by atoms with Gasteiger partial charge in [-0.3, -0.25) is 0 Å². The zero-order valence-electron chi connectivity index (χ0n) is 10.5. The molecule has 4 heteroatoms. The zero-order valence-corrected chi connectivity index (χ0v) is 10.5. The number of halogens is 2. The van der Waals surface area contributed by atoms with Crippen LogP contribution in [0.25, 0.3) is 0 Å². The van der Waals surface area contributed by atoms with E-state index in [1.54, 1.807) is 12.1 Å². The first-order valence-electron chi connectivity index (χ1n) is 5.88. The molecule has 0 saturated carbocycles. The lowest BCUT2D eigenvalue weighted by Crippen LogP contribution is -2.02. The molecular weight excluding hydrogens is 250 g/mol. The number of ether oxygens (including phenoxy) is 1. The quantitative estimate of drug-likeness (QED) is 0.917. The largest absolute Gasteiger partial charge is 0.488 e. The fraction of sp³-hybridized carbons (Fsp3) is 0.200. The van der Waals surface area contributed by atoms with Crippen molar-refractivity contribution in [3.63, 3.8) is 0 Å². The van der Waals surface area contributed by atoms with Gasteiger partial charge < -0.3 is 9.84 Å². The molecular formula is C15H14F2O2. The average molecular weight is 264 g/mol. The number of aliphatic hydroxyl groups excluding tert-OH is 1. The Morgan fingerprint density at radius 1 is 1.11 bits per heavy atom. The summed E-state index contributed by atoms with van der Waals surface area (Å²) >= 11 is 0. The maximum Gasteiger partial charge on any atom is 0.165 e. The van der Waals surface area contributed by atoms with Crippen molar-refractivity contribution in [2.45, 2.75) is 20.1 Å². The van der Waals surface area contributed by atoms with E-state index >= 15 is 0 Å². The third-order valence-corrected chi connectivity index (χ3v) is 2.80. The second-order valence-corrected chi connectivity index (χ2v) is 4.27. The van der Waals surface area contributed by atoms with Gasteiger partial charge in [0.1, 0.15) is 12.4 Å². The van der Waals surface area contributed by atoms with E-state index in [-0.39, 0.29) is 18.8 Å². The molecule has 0 spiro atoms. The van der Waals surface area contributed by atoms with Crippen molar-refractivity contribution >= 4 is 0 Å². The van der Waals surface area contributed by atoms with Crippen LogP contribution in [0.1, 0.15) is 16.7 Å². The number of aryl methyl sites for hydroxylation is 1. The van der Waals surface area contributed by atoms with Gasteiger partial charge in [0.05, 0.1) is 6.61 Å². The minimum absolute atomic E-state index is 0.0837. The summed E-state index contributed by atoms with van der Waals surface area (Å²) in [5, 5.41) is 9.22. The van der Waals surface area contributed by atoms with E-state index < -0.39 is 11.6 Å². The van der Waals surface area contributed by atoms with Crippen LogP contribution in [0, 0.1) is 18.6 Å². The second kappa shape index (κ2) is 5.80. The van der Waals surface area contributed by atoms with Crippen LogP contribution in [0.15, 0.2) is 36.4 Å². The van der Waals surface area contributed by atoms with E-state index in [1.165, 1.54) is 12.1 Å². The van der Waals surface area contributed by atoms with E-state index in [1.807, 2.05) is 13.0 Å². The maximum absolute atomic E-state index is 13.4. The average Bonchev–Trinajstić information content (AvgIpc) is 2.41. The Kier molecular flexibility index (Phi) is 4.12. The lowest BCUT2D eigenvalue weighted by atomic mass is 10.1. The first kappa shape index (κ1) is 13.5. The highest BCUT2D eigenvalue weighted by Crippen LogP contribution is 2.22. The van der Waals surface area contributed by atoms with Crippen LogP contribution in [0.2, 0.25) is 0 Å². The van der Waals surface area contributed by atoms with Crippen LogP contribution in [-0.2, 0) is 13.2 Å².